The summed E-state index contributed by atoms with van der Waals surface area (Å²) in [6.07, 6.45) is 4.96. The minimum Gasteiger partial charge on any atom is -0.491 e. The van der Waals surface area contributed by atoms with Gasteiger partial charge in [0.05, 0.1) is 6.10 Å². The average molecular weight is 247 g/mol. The Kier molecular flexibility index (Phi) is 3.81. The lowest BCUT2D eigenvalue weighted by Gasteiger charge is -2.25. The fourth-order valence-corrected chi connectivity index (χ4v) is 2.75. The van der Waals surface area contributed by atoms with Crippen LogP contribution in [0.3, 0.4) is 0 Å². The normalized spacial score (nSPS) is 23.4. The standard InChI is InChI=1S/C15H21NO2/c1-2-9-17-13(5-1)11-18-15-6-3-4-12-10-16-8-7-14(12)15/h3-4,6,13,16H,1-2,5,7-11H2. The first kappa shape index (κ1) is 12.0. The van der Waals surface area contributed by atoms with Crippen molar-refractivity contribution in [3.05, 3.63) is 29.3 Å². The van der Waals surface area contributed by atoms with E-state index >= 15 is 0 Å². The van der Waals surface area contributed by atoms with E-state index in [1.807, 2.05) is 0 Å². The van der Waals surface area contributed by atoms with Gasteiger partial charge in [0.25, 0.3) is 0 Å². The van der Waals surface area contributed by atoms with E-state index in [2.05, 4.69) is 23.5 Å². The number of fused-ring (bicyclic) bond motifs is 1. The molecule has 3 rings (SSSR count). The maximum absolute atomic E-state index is 5.99. The molecule has 1 fully saturated rings. The van der Waals surface area contributed by atoms with Crippen LogP contribution in [0.2, 0.25) is 0 Å². The number of hydrogen-bond donors (Lipinski definition) is 1. The van der Waals surface area contributed by atoms with Crippen LogP contribution >= 0.6 is 0 Å². The molecule has 3 heteroatoms. The predicted molar refractivity (Wildman–Crippen MR) is 70.9 cm³/mol. The molecular formula is C15H21NO2. The maximum Gasteiger partial charge on any atom is 0.122 e. The van der Waals surface area contributed by atoms with E-state index in [1.165, 1.54) is 24.0 Å². The number of hydrogen-bond acceptors (Lipinski definition) is 3. The van der Waals surface area contributed by atoms with Crippen molar-refractivity contribution in [3.63, 3.8) is 0 Å². The third-order valence-electron chi connectivity index (χ3n) is 3.80. The van der Waals surface area contributed by atoms with Crippen molar-refractivity contribution in [3.8, 4) is 5.75 Å². The fraction of sp³-hybridized carbons (Fsp3) is 0.600. The Morgan fingerprint density at radius 2 is 2.33 bits per heavy atom. The molecule has 1 saturated heterocycles. The highest BCUT2D eigenvalue weighted by atomic mass is 16.5. The molecule has 2 aliphatic rings. The lowest BCUT2D eigenvalue weighted by molar-refractivity contribution is -0.0112. The summed E-state index contributed by atoms with van der Waals surface area (Å²) in [4.78, 5) is 0. The first-order valence-electron chi connectivity index (χ1n) is 6.99. The van der Waals surface area contributed by atoms with E-state index in [0.717, 1.165) is 38.3 Å². The van der Waals surface area contributed by atoms with Crippen LogP contribution in [0.1, 0.15) is 30.4 Å². The van der Waals surface area contributed by atoms with Crippen molar-refractivity contribution >= 4 is 0 Å². The highest BCUT2D eigenvalue weighted by Gasteiger charge is 2.17. The average Bonchev–Trinajstić information content (AvgIpc) is 2.46. The van der Waals surface area contributed by atoms with Gasteiger partial charge in [0.2, 0.25) is 0 Å². The molecule has 0 aromatic heterocycles. The molecule has 0 aliphatic carbocycles. The second kappa shape index (κ2) is 5.72. The van der Waals surface area contributed by atoms with E-state index in [0.29, 0.717) is 6.61 Å². The summed E-state index contributed by atoms with van der Waals surface area (Å²) in [6.45, 7) is 3.61. The Balaban J connectivity index is 1.65. The number of ether oxygens (including phenoxy) is 2. The van der Waals surface area contributed by atoms with Crippen LogP contribution in [0.25, 0.3) is 0 Å². The van der Waals surface area contributed by atoms with Crippen molar-refractivity contribution in [2.24, 2.45) is 0 Å². The molecule has 1 N–H and O–H groups in total. The van der Waals surface area contributed by atoms with Gasteiger partial charge < -0.3 is 14.8 Å². The summed E-state index contributed by atoms with van der Waals surface area (Å²) in [5.74, 6) is 1.06. The van der Waals surface area contributed by atoms with E-state index in [1.54, 1.807) is 0 Å². The molecule has 0 spiro atoms. The summed E-state index contributed by atoms with van der Waals surface area (Å²) in [6, 6.07) is 6.36. The zero-order valence-electron chi connectivity index (χ0n) is 10.8. The molecule has 1 atom stereocenters. The molecule has 1 aromatic rings. The first-order valence-corrected chi connectivity index (χ1v) is 6.99. The van der Waals surface area contributed by atoms with Crippen LogP contribution in [0.4, 0.5) is 0 Å². The van der Waals surface area contributed by atoms with Gasteiger partial charge in [0.1, 0.15) is 12.4 Å². The van der Waals surface area contributed by atoms with Gasteiger partial charge in [-0.1, -0.05) is 12.1 Å². The van der Waals surface area contributed by atoms with Gasteiger partial charge in [-0.25, -0.2) is 0 Å². The van der Waals surface area contributed by atoms with Crippen LogP contribution in [-0.2, 0) is 17.7 Å². The molecule has 98 valence electrons. The number of nitrogens with one attached hydrogen (secondary N) is 1. The number of rotatable bonds is 3. The molecule has 2 aliphatic heterocycles. The van der Waals surface area contributed by atoms with Gasteiger partial charge in [-0.2, -0.15) is 0 Å². The minimum atomic E-state index is 0.288. The van der Waals surface area contributed by atoms with E-state index in [-0.39, 0.29) is 6.10 Å². The molecule has 18 heavy (non-hydrogen) atoms. The molecule has 3 nitrogen and oxygen atoms in total. The Labute approximate surface area is 108 Å². The highest BCUT2D eigenvalue weighted by molar-refractivity contribution is 5.41. The second-order valence-corrected chi connectivity index (χ2v) is 5.12. The first-order chi connectivity index (χ1) is 8.93. The summed E-state index contributed by atoms with van der Waals surface area (Å²) < 4.78 is 11.7. The van der Waals surface area contributed by atoms with Gasteiger partial charge in [0, 0.05) is 13.2 Å². The van der Waals surface area contributed by atoms with Crippen LogP contribution in [0.5, 0.6) is 5.75 Å². The smallest absolute Gasteiger partial charge is 0.122 e. The van der Waals surface area contributed by atoms with E-state index in [4.69, 9.17) is 9.47 Å². The third-order valence-corrected chi connectivity index (χ3v) is 3.80. The van der Waals surface area contributed by atoms with Gasteiger partial charge in [-0.3, -0.25) is 0 Å². The van der Waals surface area contributed by atoms with Crippen LogP contribution in [-0.4, -0.2) is 25.9 Å². The maximum atomic E-state index is 5.99. The quantitative estimate of drug-likeness (QED) is 0.889. The Hall–Kier alpha value is -1.06. The van der Waals surface area contributed by atoms with Gasteiger partial charge in [-0.15, -0.1) is 0 Å². The summed E-state index contributed by atoms with van der Waals surface area (Å²) in [5.41, 5.74) is 2.76. The topological polar surface area (TPSA) is 30.5 Å². The third kappa shape index (κ3) is 2.68. The van der Waals surface area contributed by atoms with Crippen LogP contribution in [0.15, 0.2) is 18.2 Å². The molecule has 0 radical (unpaired) electrons. The molecule has 2 heterocycles. The SMILES string of the molecule is c1cc2c(c(OCC3CCCCO3)c1)CCNC2. The van der Waals surface area contributed by atoms with Crippen LogP contribution < -0.4 is 10.1 Å². The summed E-state index contributed by atoms with van der Waals surface area (Å²) in [5, 5.41) is 3.39. The lowest BCUT2D eigenvalue weighted by atomic mass is 10.00. The number of benzene rings is 1. The summed E-state index contributed by atoms with van der Waals surface area (Å²) >= 11 is 0. The molecule has 0 bridgehead atoms. The highest BCUT2D eigenvalue weighted by Crippen LogP contribution is 2.26. The summed E-state index contributed by atoms with van der Waals surface area (Å²) in [7, 11) is 0. The van der Waals surface area contributed by atoms with Crippen molar-refractivity contribution in [1.82, 2.24) is 5.32 Å². The van der Waals surface area contributed by atoms with Gasteiger partial charge in [0.15, 0.2) is 0 Å². The van der Waals surface area contributed by atoms with E-state index in [9.17, 15) is 0 Å². The van der Waals surface area contributed by atoms with E-state index < -0.39 is 0 Å². The Morgan fingerprint density at radius 1 is 1.33 bits per heavy atom. The molecule has 1 aromatic carbocycles. The zero-order chi connectivity index (χ0) is 12.2. The molecule has 1 unspecified atom stereocenters. The molecule has 0 amide bonds. The van der Waals surface area contributed by atoms with Crippen LogP contribution in [0, 0.1) is 0 Å². The minimum absolute atomic E-state index is 0.288. The van der Waals surface area contributed by atoms with Crippen molar-refractivity contribution in [1.29, 1.82) is 0 Å². The zero-order valence-corrected chi connectivity index (χ0v) is 10.8. The predicted octanol–water partition coefficient (Wildman–Crippen LogP) is 2.28. The van der Waals surface area contributed by atoms with Crippen molar-refractivity contribution in [2.75, 3.05) is 19.8 Å². The second-order valence-electron chi connectivity index (χ2n) is 5.12. The Morgan fingerprint density at radius 3 is 3.22 bits per heavy atom. The van der Waals surface area contributed by atoms with Gasteiger partial charge >= 0.3 is 0 Å². The van der Waals surface area contributed by atoms with Gasteiger partial charge in [-0.05, 0) is 49.4 Å². The fourth-order valence-electron chi connectivity index (χ4n) is 2.75. The van der Waals surface area contributed by atoms with Crippen molar-refractivity contribution < 1.29 is 9.47 Å². The molecular weight excluding hydrogens is 226 g/mol. The molecule has 0 saturated carbocycles. The Bertz CT molecular complexity index is 399. The largest absolute Gasteiger partial charge is 0.491 e. The lowest BCUT2D eigenvalue weighted by Crippen LogP contribution is -2.27. The van der Waals surface area contributed by atoms with Crippen molar-refractivity contribution in [2.45, 2.75) is 38.3 Å². The monoisotopic (exact) mass is 247 g/mol.